The van der Waals surface area contributed by atoms with Crippen LogP contribution in [-0.2, 0) is 50.1 Å². The van der Waals surface area contributed by atoms with Crippen LogP contribution in [0.1, 0.15) is 48.9 Å². The minimum Gasteiger partial charge on any atom is -0.384 e. The van der Waals surface area contributed by atoms with Crippen LogP contribution in [0.4, 0.5) is 0 Å². The third-order valence-electron chi connectivity index (χ3n) is 9.21. The lowest BCUT2D eigenvalue weighted by Crippen LogP contribution is -2.51. The zero-order chi connectivity index (χ0) is 32.7. The summed E-state index contributed by atoms with van der Waals surface area (Å²) in [5.41, 5.74) is 7.32. The molecule has 0 fully saturated rings. The normalized spacial score (nSPS) is 18.5. The molecule has 4 aromatic carbocycles. The van der Waals surface area contributed by atoms with Gasteiger partial charge < -0.3 is 23.7 Å². The van der Waals surface area contributed by atoms with Gasteiger partial charge in [0.15, 0.2) is 0 Å². The summed E-state index contributed by atoms with van der Waals surface area (Å²) < 4.78 is 33.1. The van der Waals surface area contributed by atoms with Crippen LogP contribution in [0.5, 0.6) is 0 Å². The molecule has 0 N–H and O–H groups in total. The zero-order valence-electron chi connectivity index (χ0n) is 28.1. The van der Waals surface area contributed by atoms with E-state index in [2.05, 4.69) is 86.6 Å². The monoisotopic (exact) mass is 634 g/mol. The fraction of sp³-hybridized carbons (Fsp3) is 0.381. The largest absolute Gasteiger partial charge is 0.384 e. The van der Waals surface area contributed by atoms with E-state index >= 15 is 0 Å². The molecule has 5 rings (SSSR count). The quantitative estimate of drug-likeness (QED) is 0.102. The van der Waals surface area contributed by atoms with Crippen LogP contribution in [-0.4, -0.2) is 38.6 Å². The van der Waals surface area contributed by atoms with Crippen molar-refractivity contribution in [3.05, 3.63) is 155 Å². The average molecular weight is 635 g/mol. The maximum Gasteiger partial charge on any atom is 0.113 e. The van der Waals surface area contributed by atoms with E-state index in [-0.39, 0.29) is 24.0 Å². The number of rotatable bonds is 18. The van der Waals surface area contributed by atoms with Gasteiger partial charge in [-0.2, -0.15) is 0 Å². The molecule has 1 unspecified atom stereocenters. The van der Waals surface area contributed by atoms with Gasteiger partial charge in [-0.25, -0.2) is 0 Å². The molecule has 47 heavy (non-hydrogen) atoms. The Hall–Kier alpha value is -3.58. The van der Waals surface area contributed by atoms with Gasteiger partial charge in [0.05, 0.1) is 39.1 Å². The Balaban J connectivity index is 1.50. The van der Waals surface area contributed by atoms with Crippen LogP contribution < -0.4 is 0 Å². The first-order valence-corrected chi connectivity index (χ1v) is 16.8. The number of allylic oxidation sites excluding steroid dienone is 2. The van der Waals surface area contributed by atoms with Crippen LogP contribution >= 0.6 is 0 Å². The molecule has 1 aliphatic rings. The first kappa shape index (κ1) is 34.7. The van der Waals surface area contributed by atoms with E-state index in [1.807, 2.05) is 48.5 Å². The van der Waals surface area contributed by atoms with Crippen molar-refractivity contribution >= 4 is 0 Å². The van der Waals surface area contributed by atoms with Gasteiger partial charge in [0.2, 0.25) is 0 Å². The second kappa shape index (κ2) is 18.7. The Labute approximate surface area is 281 Å². The molecule has 0 saturated carbocycles. The molecule has 0 aliphatic heterocycles. The van der Waals surface area contributed by atoms with Crippen LogP contribution in [0.2, 0.25) is 0 Å². The van der Waals surface area contributed by atoms with Crippen molar-refractivity contribution in [1.29, 1.82) is 0 Å². The van der Waals surface area contributed by atoms with E-state index in [0.29, 0.717) is 39.6 Å². The molecule has 0 heterocycles. The second-order valence-corrected chi connectivity index (χ2v) is 12.7. The molecule has 0 saturated heterocycles. The average Bonchev–Trinajstić information content (AvgIpc) is 3.11. The Bertz CT molecular complexity index is 1460. The van der Waals surface area contributed by atoms with E-state index < -0.39 is 6.10 Å². The SMILES string of the molecule is COCC1CC(C)=C(C)C[C@@H]1[C@@H](OCc1ccccc1)[C@H](OCc1ccccc1)[C@@H](COCc1ccccc1)OCc1ccccc1. The van der Waals surface area contributed by atoms with Crippen molar-refractivity contribution in [1.82, 2.24) is 0 Å². The molecule has 0 aromatic heterocycles. The third kappa shape index (κ3) is 10.7. The predicted molar refractivity (Wildman–Crippen MR) is 188 cm³/mol. The first-order chi connectivity index (χ1) is 23.1. The van der Waals surface area contributed by atoms with Gasteiger partial charge in [-0.1, -0.05) is 132 Å². The van der Waals surface area contributed by atoms with Crippen molar-refractivity contribution in [2.24, 2.45) is 11.8 Å². The lowest BCUT2D eigenvalue weighted by atomic mass is 9.72. The van der Waals surface area contributed by atoms with Gasteiger partial charge >= 0.3 is 0 Å². The van der Waals surface area contributed by atoms with Crippen molar-refractivity contribution in [2.45, 2.75) is 71.4 Å². The molecule has 5 heteroatoms. The smallest absolute Gasteiger partial charge is 0.113 e. The first-order valence-electron chi connectivity index (χ1n) is 16.8. The van der Waals surface area contributed by atoms with Gasteiger partial charge in [-0.15, -0.1) is 0 Å². The highest BCUT2D eigenvalue weighted by molar-refractivity contribution is 5.19. The van der Waals surface area contributed by atoms with Gasteiger partial charge in [0.25, 0.3) is 0 Å². The van der Waals surface area contributed by atoms with E-state index in [4.69, 9.17) is 23.7 Å². The fourth-order valence-corrected chi connectivity index (χ4v) is 6.49. The van der Waals surface area contributed by atoms with Crippen LogP contribution in [0.25, 0.3) is 0 Å². The molecule has 0 bridgehead atoms. The van der Waals surface area contributed by atoms with Crippen LogP contribution in [0, 0.1) is 11.8 Å². The highest BCUT2D eigenvalue weighted by Gasteiger charge is 2.42. The van der Waals surface area contributed by atoms with Crippen molar-refractivity contribution in [2.75, 3.05) is 20.3 Å². The molecular formula is C42H50O5. The maximum absolute atomic E-state index is 7.04. The molecular weight excluding hydrogens is 584 g/mol. The van der Waals surface area contributed by atoms with Crippen LogP contribution in [0.3, 0.4) is 0 Å². The summed E-state index contributed by atoms with van der Waals surface area (Å²) in [7, 11) is 1.80. The Morgan fingerprint density at radius 3 is 1.51 bits per heavy atom. The zero-order valence-corrected chi connectivity index (χ0v) is 28.1. The van der Waals surface area contributed by atoms with Gasteiger partial charge in [-0.05, 0) is 60.8 Å². The molecule has 5 atom stereocenters. The van der Waals surface area contributed by atoms with E-state index in [1.54, 1.807) is 7.11 Å². The number of benzene rings is 4. The van der Waals surface area contributed by atoms with Gasteiger partial charge in [0.1, 0.15) is 12.2 Å². The second-order valence-electron chi connectivity index (χ2n) is 12.7. The Morgan fingerprint density at radius 1 is 0.553 bits per heavy atom. The predicted octanol–water partition coefficient (Wildman–Crippen LogP) is 8.97. The van der Waals surface area contributed by atoms with Gasteiger partial charge in [0, 0.05) is 13.7 Å². The molecule has 0 radical (unpaired) electrons. The van der Waals surface area contributed by atoms with Crippen LogP contribution in [0.15, 0.2) is 132 Å². The van der Waals surface area contributed by atoms with Crippen molar-refractivity contribution < 1.29 is 23.7 Å². The molecule has 1 aliphatic carbocycles. The highest BCUT2D eigenvalue weighted by atomic mass is 16.6. The minimum atomic E-state index is -0.408. The highest BCUT2D eigenvalue weighted by Crippen LogP contribution is 2.40. The number of hydrogen-bond acceptors (Lipinski definition) is 5. The summed E-state index contributed by atoms with van der Waals surface area (Å²) >= 11 is 0. The third-order valence-corrected chi connectivity index (χ3v) is 9.21. The molecule has 5 nitrogen and oxygen atoms in total. The number of methoxy groups -OCH3 is 1. The maximum atomic E-state index is 7.04. The lowest BCUT2D eigenvalue weighted by Gasteiger charge is -2.43. The lowest BCUT2D eigenvalue weighted by molar-refractivity contribution is -0.187. The summed E-state index contributed by atoms with van der Waals surface area (Å²) in [5.74, 6) is 0.451. The summed E-state index contributed by atoms with van der Waals surface area (Å²) in [6.45, 7) is 7.38. The number of ether oxygens (including phenoxy) is 5. The van der Waals surface area contributed by atoms with E-state index in [1.165, 1.54) is 11.1 Å². The van der Waals surface area contributed by atoms with E-state index in [9.17, 15) is 0 Å². The Kier molecular flexibility index (Phi) is 13.8. The standard InChI is InChI=1S/C42H50O5/c1-32-24-38(30-43-3)39(25-33(32)2)41(46-28-36-20-12-6-13-21-36)42(47-29-37-22-14-7-15-23-37)40(45-27-35-18-10-5-11-19-35)31-44-26-34-16-8-4-9-17-34/h4-23,38-42H,24-31H2,1-3H3/t38?,39-,40+,41+,42+/m0/s1. The minimum absolute atomic E-state index is 0.167. The van der Waals surface area contributed by atoms with Crippen molar-refractivity contribution in [3.63, 3.8) is 0 Å². The molecule has 248 valence electrons. The number of hydrogen-bond donors (Lipinski definition) is 0. The molecule has 4 aromatic rings. The molecule has 0 amide bonds. The summed E-state index contributed by atoms with van der Waals surface area (Å²) in [5, 5.41) is 0. The van der Waals surface area contributed by atoms with E-state index in [0.717, 1.165) is 35.1 Å². The van der Waals surface area contributed by atoms with Crippen molar-refractivity contribution in [3.8, 4) is 0 Å². The summed E-state index contributed by atoms with van der Waals surface area (Å²) in [4.78, 5) is 0. The van der Waals surface area contributed by atoms with Gasteiger partial charge in [-0.3, -0.25) is 0 Å². The Morgan fingerprint density at radius 2 is 1.00 bits per heavy atom. The molecule has 0 spiro atoms. The fourth-order valence-electron chi connectivity index (χ4n) is 6.49. The summed E-state index contributed by atoms with van der Waals surface area (Å²) in [6.07, 6.45) is 0.818. The summed E-state index contributed by atoms with van der Waals surface area (Å²) in [6, 6.07) is 41.3. The topological polar surface area (TPSA) is 46.2 Å².